The third-order valence-electron chi connectivity index (χ3n) is 17.4. The number of unbranched alkanes of at least 4 members (excludes halogenated alkanes) is 2. The molecule has 450 valence electrons. The number of nitrogens with one attached hydrogen (secondary N) is 3. The van der Waals surface area contributed by atoms with Gasteiger partial charge in [0.05, 0.1) is 34.3 Å². The summed E-state index contributed by atoms with van der Waals surface area (Å²) in [7, 11) is 1.70. The number of para-hydroxylation sites is 1. The van der Waals surface area contributed by atoms with Crippen LogP contribution >= 0.6 is 11.3 Å². The number of carbonyl (C=O) groups excluding carboxylic acids is 6. The first-order valence-electron chi connectivity index (χ1n) is 29.6. The number of carbonyl (C=O) groups is 7. The number of carboxylic acid groups (broad SMARTS) is 1. The molecule has 19 nitrogen and oxygen atoms in total. The summed E-state index contributed by atoms with van der Waals surface area (Å²) in [5.41, 5.74) is 5.25. The third kappa shape index (κ3) is 13.6. The van der Waals surface area contributed by atoms with Gasteiger partial charge in [0.1, 0.15) is 6.61 Å². The molecule has 3 aromatic heterocycles. The highest BCUT2D eigenvalue weighted by Crippen LogP contribution is 2.72. The van der Waals surface area contributed by atoms with Crippen molar-refractivity contribution in [2.75, 3.05) is 50.5 Å². The zero-order valence-electron chi connectivity index (χ0n) is 49.4. The fourth-order valence-electron chi connectivity index (χ4n) is 14.7. The standard InChI is InChI=1S/C67H71N9O10S/c1-43-51(48-23-24-52(71-59(48)61(82)83)46-22-21-45-15-11-17-49(50(45)34-46)60(81)73-62-72-53-18-7-8-19-54(53)87-62)35-69-76(43)42-66-37-64(2)36-65(3,38-66)40-67(39-64,41-66)86-32-30-74(4)63(84)85-31-12-14-44-13-10-16-47(33-44)70-56(78)27-28-68-55(77)20-6-5-9-29-75-57(79)25-26-58(75)80/h7-8,10-19,21-26,33-35H,5-6,9,20,27-32,36-42H2,1-4H3,(H,68,77)(H,70,78)(H,82,83)(H,72,73,81)/b14-12+. The maximum atomic E-state index is 13.7. The fourth-order valence-corrected chi connectivity index (χ4v) is 15.6. The molecule has 5 aliphatic rings. The van der Waals surface area contributed by atoms with Crippen LogP contribution < -0.4 is 16.0 Å². The highest BCUT2D eigenvalue weighted by Gasteiger charge is 2.66. The van der Waals surface area contributed by atoms with Gasteiger partial charge in [0.15, 0.2) is 10.8 Å². The minimum absolute atomic E-state index is 0.0368. The molecular weight excluding hydrogens is 1120 g/mol. The van der Waals surface area contributed by atoms with Gasteiger partial charge in [-0.1, -0.05) is 86.2 Å². The van der Waals surface area contributed by atoms with E-state index in [0.717, 1.165) is 65.4 Å². The predicted molar refractivity (Wildman–Crippen MR) is 333 cm³/mol. The van der Waals surface area contributed by atoms with Crippen LogP contribution in [-0.4, -0.2) is 122 Å². The van der Waals surface area contributed by atoms with E-state index in [1.54, 1.807) is 43.6 Å². The van der Waals surface area contributed by atoms with Crippen LogP contribution in [0.1, 0.15) is 117 Å². The number of hydrogen-bond acceptors (Lipinski definition) is 13. The summed E-state index contributed by atoms with van der Waals surface area (Å²) in [6, 6.07) is 29.8. The third-order valence-corrected chi connectivity index (χ3v) is 18.3. The van der Waals surface area contributed by atoms with Crippen molar-refractivity contribution >= 4 is 90.8 Å². The first kappa shape index (κ1) is 59.8. The molecule has 2 atom stereocenters. The summed E-state index contributed by atoms with van der Waals surface area (Å²) < 4.78 is 15.6. The fraction of sp³-hybridized carbons (Fsp3) is 0.373. The van der Waals surface area contributed by atoms with Gasteiger partial charge >= 0.3 is 12.1 Å². The number of thiazole rings is 1. The number of fused-ring (bicyclic) bond motifs is 2. The summed E-state index contributed by atoms with van der Waals surface area (Å²) in [6.07, 6.45) is 15.4. The van der Waals surface area contributed by atoms with Gasteiger partial charge in [-0.25, -0.2) is 19.6 Å². The molecule has 12 rings (SSSR count). The summed E-state index contributed by atoms with van der Waals surface area (Å²) in [6.45, 7) is 8.63. The molecule has 4 bridgehead atoms. The second-order valence-electron chi connectivity index (χ2n) is 24.7. The van der Waals surface area contributed by atoms with E-state index >= 15 is 0 Å². The number of aromatic nitrogens is 4. The Morgan fingerprint density at radius 1 is 0.793 bits per heavy atom. The Balaban J connectivity index is 0.660. The highest BCUT2D eigenvalue weighted by atomic mass is 32.1. The minimum Gasteiger partial charge on any atom is -0.476 e. The molecular formula is C67H71N9O10S. The number of aromatic carboxylic acids is 1. The molecule has 2 unspecified atom stereocenters. The quantitative estimate of drug-likeness (QED) is 0.0325. The average molecular weight is 1190 g/mol. The molecule has 4 aromatic carbocycles. The Bertz CT molecular complexity index is 3850. The van der Waals surface area contributed by atoms with Crippen molar-refractivity contribution in [3.8, 4) is 22.4 Å². The molecule has 0 radical (unpaired) electrons. The van der Waals surface area contributed by atoms with Gasteiger partial charge in [-0.3, -0.25) is 38.9 Å². The van der Waals surface area contributed by atoms with Crippen molar-refractivity contribution in [1.29, 1.82) is 0 Å². The Labute approximate surface area is 508 Å². The molecule has 20 heteroatoms. The van der Waals surface area contributed by atoms with E-state index in [9.17, 15) is 38.7 Å². The highest BCUT2D eigenvalue weighted by molar-refractivity contribution is 7.22. The average Bonchev–Trinajstić information content (AvgIpc) is 1.09. The van der Waals surface area contributed by atoms with E-state index in [2.05, 4.69) is 34.8 Å². The first-order chi connectivity index (χ1) is 41.8. The Morgan fingerprint density at radius 2 is 1.57 bits per heavy atom. The van der Waals surface area contributed by atoms with Crippen LogP contribution in [0.25, 0.3) is 49.4 Å². The largest absolute Gasteiger partial charge is 0.476 e. The number of pyridine rings is 1. The Hall–Kier alpha value is -8.88. The maximum absolute atomic E-state index is 13.7. The zero-order valence-corrected chi connectivity index (χ0v) is 50.2. The molecule has 4 saturated carbocycles. The summed E-state index contributed by atoms with van der Waals surface area (Å²) >= 11 is 1.40. The molecule has 4 fully saturated rings. The summed E-state index contributed by atoms with van der Waals surface area (Å²) in [5.74, 6) is -2.51. The van der Waals surface area contributed by atoms with E-state index in [4.69, 9.17) is 19.6 Å². The van der Waals surface area contributed by atoms with Crippen molar-refractivity contribution in [1.82, 2.24) is 34.9 Å². The number of anilines is 2. The molecule has 1 aliphatic heterocycles. The predicted octanol–water partition coefficient (Wildman–Crippen LogP) is 11.5. The van der Waals surface area contributed by atoms with Crippen LogP contribution in [0.5, 0.6) is 0 Å². The summed E-state index contributed by atoms with van der Waals surface area (Å²) in [5, 5.41) is 26.2. The van der Waals surface area contributed by atoms with Gasteiger partial charge in [-0.15, -0.1) is 0 Å². The smallest absolute Gasteiger partial charge is 0.409 e. The van der Waals surface area contributed by atoms with Crippen LogP contribution in [0.15, 0.2) is 121 Å². The number of rotatable bonds is 24. The first-order valence-corrected chi connectivity index (χ1v) is 30.4. The van der Waals surface area contributed by atoms with E-state index in [0.29, 0.717) is 89.7 Å². The number of imide groups is 1. The number of ether oxygens (including phenoxy) is 2. The number of likely N-dealkylation sites (N-methyl/N-ethyl adjacent to an activating group) is 1. The van der Waals surface area contributed by atoms with Crippen LogP contribution in [0.3, 0.4) is 0 Å². The van der Waals surface area contributed by atoms with Crippen molar-refractivity contribution in [2.24, 2.45) is 16.2 Å². The van der Waals surface area contributed by atoms with E-state index in [1.165, 1.54) is 33.3 Å². The molecule has 4 aliphatic carbocycles. The van der Waals surface area contributed by atoms with Crippen molar-refractivity contribution in [3.63, 3.8) is 0 Å². The molecule has 87 heavy (non-hydrogen) atoms. The van der Waals surface area contributed by atoms with Crippen LogP contribution in [0.4, 0.5) is 15.6 Å². The Morgan fingerprint density at radius 3 is 2.36 bits per heavy atom. The summed E-state index contributed by atoms with van der Waals surface area (Å²) in [4.78, 5) is 100. The minimum atomic E-state index is -1.16. The van der Waals surface area contributed by atoms with Gasteiger partial charge in [0.2, 0.25) is 11.8 Å². The SMILES string of the molecule is Cc1c(-c2ccc(-c3ccc4cccc(C(=O)Nc5nc6ccccc6s5)c4c3)nc2C(=O)O)cnn1CC12CC3(C)CC(C)(C1)CC(OCCN(C)C(=O)OC/C=C/c1cccc(NC(=O)CCNC(=O)CCCCCN4C(=O)C=CC4=O)c1)(C3)C2. The lowest BCUT2D eigenvalue weighted by Crippen LogP contribution is -2.64. The van der Waals surface area contributed by atoms with Crippen LogP contribution in [-0.2, 0) is 35.2 Å². The molecule has 6 amide bonds. The topological polar surface area (TPSA) is 244 Å². The van der Waals surface area contributed by atoms with Crippen molar-refractivity contribution in [3.05, 3.63) is 144 Å². The number of hydrogen-bond donors (Lipinski definition) is 4. The number of amides is 6. The lowest BCUT2D eigenvalue weighted by Gasteiger charge is -2.69. The van der Waals surface area contributed by atoms with Gasteiger partial charge < -0.3 is 30.1 Å². The second-order valence-corrected chi connectivity index (χ2v) is 25.8. The molecule has 4 heterocycles. The lowest BCUT2D eigenvalue weighted by atomic mass is 9.39. The zero-order chi connectivity index (χ0) is 61.1. The van der Waals surface area contributed by atoms with E-state index in [-0.39, 0.29) is 83.1 Å². The van der Waals surface area contributed by atoms with Gasteiger partial charge in [-0.2, -0.15) is 5.10 Å². The number of benzene rings is 4. The van der Waals surface area contributed by atoms with Crippen molar-refractivity contribution < 1.29 is 48.1 Å². The molecule has 7 aromatic rings. The monoisotopic (exact) mass is 1190 g/mol. The maximum Gasteiger partial charge on any atom is 0.409 e. The normalized spacial score (nSPS) is 21.1. The van der Waals surface area contributed by atoms with Gasteiger partial charge in [-0.05, 0) is 145 Å². The molecule has 0 spiro atoms. The van der Waals surface area contributed by atoms with Crippen LogP contribution in [0, 0.1) is 23.2 Å². The second kappa shape index (κ2) is 24.8. The van der Waals surface area contributed by atoms with Crippen molar-refractivity contribution in [2.45, 2.75) is 104 Å². The number of carboxylic acids is 1. The van der Waals surface area contributed by atoms with E-state index in [1.807, 2.05) is 90.5 Å². The lowest BCUT2D eigenvalue weighted by molar-refractivity contribution is -0.248. The number of nitrogens with zero attached hydrogens (tertiary/aromatic N) is 6. The van der Waals surface area contributed by atoms with Gasteiger partial charge in [0.25, 0.3) is 17.7 Å². The Kier molecular flexibility index (Phi) is 17.1. The van der Waals surface area contributed by atoms with Crippen LogP contribution in [0.2, 0.25) is 0 Å². The molecule has 4 N–H and O–H groups in total. The molecule has 0 saturated heterocycles. The van der Waals surface area contributed by atoms with Gasteiger partial charge in [0, 0.05) is 91.9 Å². The van der Waals surface area contributed by atoms with E-state index < -0.39 is 12.1 Å².